The van der Waals surface area contributed by atoms with Gasteiger partial charge in [-0.25, -0.2) is 22.0 Å². The Hall–Kier alpha value is -2.23. The Morgan fingerprint density at radius 2 is 1.77 bits per heavy atom. The molecule has 0 radical (unpaired) electrons. The van der Waals surface area contributed by atoms with Gasteiger partial charge in [0.1, 0.15) is 11.9 Å². The van der Waals surface area contributed by atoms with E-state index < -0.39 is 59.7 Å². The summed E-state index contributed by atoms with van der Waals surface area (Å²) in [7, 11) is 0. The van der Waals surface area contributed by atoms with E-state index in [0.717, 1.165) is 12.8 Å². The van der Waals surface area contributed by atoms with Crippen LogP contribution in [0.25, 0.3) is 0 Å². The van der Waals surface area contributed by atoms with Crippen molar-refractivity contribution >= 4 is 11.8 Å². The van der Waals surface area contributed by atoms with E-state index in [9.17, 15) is 31.5 Å². The lowest BCUT2D eigenvalue weighted by atomic mass is 9.67. The van der Waals surface area contributed by atoms with E-state index in [4.69, 9.17) is 5.73 Å². The van der Waals surface area contributed by atoms with Crippen molar-refractivity contribution in [1.82, 2.24) is 10.2 Å². The normalized spacial score (nSPS) is 29.5. The zero-order chi connectivity index (χ0) is 22.5. The molecule has 4 rings (SSSR count). The van der Waals surface area contributed by atoms with Gasteiger partial charge in [0.2, 0.25) is 11.8 Å². The zero-order valence-corrected chi connectivity index (χ0v) is 16.7. The molecule has 31 heavy (non-hydrogen) atoms. The predicted molar refractivity (Wildman–Crippen MR) is 100 cm³/mol. The van der Waals surface area contributed by atoms with Crippen LogP contribution >= 0.6 is 0 Å². The Morgan fingerprint density at radius 1 is 1.13 bits per heavy atom. The SMILES string of the molecule is N[C@@H](CC(=O)N1CC2CCC2C[C@H]1C(=O)NC1CC1(F)F)Cc1cc(F)c(F)cc1F. The zero-order valence-electron chi connectivity index (χ0n) is 16.7. The topological polar surface area (TPSA) is 75.4 Å². The number of halogens is 5. The molecular weight excluding hydrogens is 421 g/mol. The number of hydrogen-bond donors (Lipinski definition) is 2. The number of benzene rings is 1. The van der Waals surface area contributed by atoms with Crippen molar-refractivity contribution < 1.29 is 31.5 Å². The number of rotatable bonds is 6. The fourth-order valence-electron chi connectivity index (χ4n) is 4.56. The molecule has 170 valence electrons. The van der Waals surface area contributed by atoms with Crippen LogP contribution in [-0.4, -0.2) is 47.3 Å². The van der Waals surface area contributed by atoms with Gasteiger partial charge < -0.3 is 16.0 Å². The summed E-state index contributed by atoms with van der Waals surface area (Å²) in [6.45, 7) is 0.342. The Morgan fingerprint density at radius 3 is 2.39 bits per heavy atom. The maximum atomic E-state index is 13.9. The first-order valence-electron chi connectivity index (χ1n) is 10.4. The molecular formula is C21H24F5N3O2. The van der Waals surface area contributed by atoms with Crippen molar-refractivity contribution in [2.24, 2.45) is 17.6 Å². The largest absolute Gasteiger partial charge is 0.345 e. The van der Waals surface area contributed by atoms with Crippen LogP contribution < -0.4 is 11.1 Å². The van der Waals surface area contributed by atoms with Gasteiger partial charge in [-0.3, -0.25) is 9.59 Å². The summed E-state index contributed by atoms with van der Waals surface area (Å²) < 4.78 is 66.8. The van der Waals surface area contributed by atoms with Crippen LogP contribution in [0.15, 0.2) is 12.1 Å². The number of nitrogens with one attached hydrogen (secondary N) is 1. The number of likely N-dealkylation sites (tertiary alicyclic amines) is 1. The van der Waals surface area contributed by atoms with Gasteiger partial charge >= 0.3 is 0 Å². The molecule has 10 heteroatoms. The number of carbonyl (C=O) groups excluding carboxylic acids is 2. The average molecular weight is 445 g/mol. The van der Waals surface area contributed by atoms with Crippen molar-refractivity contribution in [3.8, 4) is 0 Å². The predicted octanol–water partition coefficient (Wildman–Crippen LogP) is 2.51. The summed E-state index contributed by atoms with van der Waals surface area (Å²) in [6.07, 6.45) is 1.43. The summed E-state index contributed by atoms with van der Waals surface area (Å²) >= 11 is 0. The van der Waals surface area contributed by atoms with E-state index in [1.165, 1.54) is 4.90 Å². The van der Waals surface area contributed by atoms with Crippen LogP contribution in [0.2, 0.25) is 0 Å². The molecule has 3 unspecified atom stereocenters. The number of piperidine rings is 1. The molecule has 1 heterocycles. The summed E-state index contributed by atoms with van der Waals surface area (Å²) in [6, 6.07) is -1.80. The van der Waals surface area contributed by atoms with Crippen molar-refractivity contribution in [1.29, 1.82) is 0 Å². The van der Waals surface area contributed by atoms with E-state index in [-0.39, 0.29) is 30.2 Å². The third-order valence-corrected chi connectivity index (χ3v) is 6.68. The Labute approximate surface area is 176 Å². The number of amides is 2. The van der Waals surface area contributed by atoms with E-state index >= 15 is 0 Å². The third-order valence-electron chi connectivity index (χ3n) is 6.68. The number of carbonyl (C=O) groups is 2. The second-order valence-electron chi connectivity index (χ2n) is 8.95. The van der Waals surface area contributed by atoms with Gasteiger partial charge in [-0.1, -0.05) is 0 Å². The first-order valence-corrected chi connectivity index (χ1v) is 10.4. The van der Waals surface area contributed by atoms with Crippen LogP contribution in [0.3, 0.4) is 0 Å². The van der Waals surface area contributed by atoms with Gasteiger partial charge in [0.25, 0.3) is 5.92 Å². The minimum absolute atomic E-state index is 0.151. The van der Waals surface area contributed by atoms with Gasteiger partial charge in [0, 0.05) is 31.5 Å². The molecule has 3 N–H and O–H groups in total. The van der Waals surface area contributed by atoms with Crippen LogP contribution in [0.5, 0.6) is 0 Å². The summed E-state index contributed by atoms with van der Waals surface area (Å²) in [5.41, 5.74) is 5.81. The van der Waals surface area contributed by atoms with Crippen molar-refractivity contribution in [3.63, 3.8) is 0 Å². The maximum Gasteiger partial charge on any atom is 0.270 e. The molecule has 5 nitrogen and oxygen atoms in total. The van der Waals surface area contributed by atoms with Gasteiger partial charge in [0.15, 0.2) is 11.6 Å². The van der Waals surface area contributed by atoms with E-state index in [0.29, 0.717) is 25.1 Å². The van der Waals surface area contributed by atoms with Crippen LogP contribution in [-0.2, 0) is 16.0 Å². The Balaban J connectivity index is 1.41. The van der Waals surface area contributed by atoms with Crippen LogP contribution in [0, 0.1) is 29.3 Å². The molecule has 0 spiro atoms. The summed E-state index contributed by atoms with van der Waals surface area (Å²) in [4.78, 5) is 26.9. The smallest absolute Gasteiger partial charge is 0.270 e. The standard InChI is InChI=1S/C21H24F5N3O2/c22-14-7-16(24)15(23)4-12(14)3-13(27)6-19(30)29-9-11-2-1-10(11)5-17(29)20(31)28-18-8-21(18,25)26/h4,7,10-11,13,17-18H,1-3,5-6,8-9,27H2,(H,28,31)/t10?,11?,13-,17+,18?/m1/s1. The highest BCUT2D eigenvalue weighted by Gasteiger charge is 2.58. The first kappa shape index (κ1) is 22.0. The van der Waals surface area contributed by atoms with Gasteiger partial charge in [-0.15, -0.1) is 0 Å². The Kier molecular flexibility index (Phi) is 5.70. The molecule has 2 amide bonds. The lowest BCUT2D eigenvalue weighted by Crippen LogP contribution is -2.59. The Bertz CT molecular complexity index is 896. The molecule has 2 saturated carbocycles. The molecule has 0 aromatic heterocycles. The highest BCUT2D eigenvalue weighted by molar-refractivity contribution is 5.88. The molecule has 1 saturated heterocycles. The second kappa shape index (κ2) is 8.03. The van der Waals surface area contributed by atoms with Gasteiger partial charge in [0.05, 0.1) is 6.04 Å². The van der Waals surface area contributed by atoms with Gasteiger partial charge in [-0.2, -0.15) is 0 Å². The van der Waals surface area contributed by atoms with Gasteiger partial charge in [-0.05, 0) is 49.1 Å². The molecule has 3 fully saturated rings. The number of alkyl halides is 2. The highest BCUT2D eigenvalue weighted by atomic mass is 19.3. The van der Waals surface area contributed by atoms with E-state index in [1.54, 1.807) is 0 Å². The first-order chi connectivity index (χ1) is 14.5. The van der Waals surface area contributed by atoms with E-state index in [1.807, 2.05) is 0 Å². The lowest BCUT2D eigenvalue weighted by Gasteiger charge is -2.49. The molecule has 5 atom stereocenters. The van der Waals surface area contributed by atoms with Crippen molar-refractivity contribution in [2.75, 3.05) is 6.54 Å². The third kappa shape index (κ3) is 4.53. The molecule has 1 aromatic carbocycles. The second-order valence-corrected chi connectivity index (χ2v) is 8.95. The average Bonchev–Trinajstić information content (AvgIpc) is 3.26. The van der Waals surface area contributed by atoms with Crippen molar-refractivity contribution in [2.45, 2.75) is 62.6 Å². The summed E-state index contributed by atoms with van der Waals surface area (Å²) in [5.74, 6) is -6.89. The lowest BCUT2D eigenvalue weighted by molar-refractivity contribution is -0.148. The minimum atomic E-state index is -2.91. The minimum Gasteiger partial charge on any atom is -0.345 e. The van der Waals surface area contributed by atoms with Crippen molar-refractivity contribution in [3.05, 3.63) is 35.1 Å². The fourth-order valence-corrected chi connectivity index (χ4v) is 4.56. The quantitative estimate of drug-likeness (QED) is 0.522. The fraction of sp³-hybridized carbons (Fsp3) is 0.619. The highest BCUT2D eigenvalue weighted by Crippen LogP contribution is 2.44. The van der Waals surface area contributed by atoms with E-state index in [2.05, 4.69) is 5.32 Å². The van der Waals surface area contributed by atoms with Crippen LogP contribution in [0.1, 0.15) is 37.7 Å². The number of nitrogens with two attached hydrogens (primary N) is 1. The summed E-state index contributed by atoms with van der Waals surface area (Å²) in [5, 5.41) is 2.33. The number of nitrogens with zero attached hydrogens (tertiary/aromatic N) is 1. The van der Waals surface area contributed by atoms with Crippen LogP contribution in [0.4, 0.5) is 22.0 Å². The molecule has 1 aromatic rings. The maximum absolute atomic E-state index is 13.9. The number of hydrogen-bond acceptors (Lipinski definition) is 3. The number of fused-ring (bicyclic) bond motifs is 1. The molecule has 1 aliphatic heterocycles. The molecule has 2 aliphatic carbocycles. The molecule has 3 aliphatic rings. The monoisotopic (exact) mass is 445 g/mol. The molecule has 0 bridgehead atoms.